The fourth-order valence-electron chi connectivity index (χ4n) is 1.38. The molecule has 0 aliphatic heterocycles. The Morgan fingerprint density at radius 3 is 2.80 bits per heavy atom. The Labute approximate surface area is 97.1 Å². The van der Waals surface area contributed by atoms with Gasteiger partial charge in [0.15, 0.2) is 0 Å². The Hall–Kier alpha value is -0.410. The van der Waals surface area contributed by atoms with Crippen molar-refractivity contribution in [3.05, 3.63) is 16.1 Å². The van der Waals surface area contributed by atoms with Crippen LogP contribution >= 0.6 is 11.3 Å². The molecule has 0 saturated carbocycles. The van der Waals surface area contributed by atoms with E-state index in [1.165, 1.54) is 29.1 Å². The SMILES string of the molecule is CCCCCNCc1cnc(C(C)C)s1. The van der Waals surface area contributed by atoms with Gasteiger partial charge in [-0.05, 0) is 13.0 Å². The Morgan fingerprint density at radius 1 is 1.40 bits per heavy atom. The van der Waals surface area contributed by atoms with Crippen LogP contribution in [0.3, 0.4) is 0 Å². The standard InChI is InChI=1S/C12H22N2S/c1-4-5-6-7-13-8-11-9-14-12(15-11)10(2)3/h9-10,13H,4-8H2,1-3H3. The van der Waals surface area contributed by atoms with Gasteiger partial charge in [-0.15, -0.1) is 11.3 Å². The molecule has 0 bridgehead atoms. The van der Waals surface area contributed by atoms with Crippen LogP contribution in [0.5, 0.6) is 0 Å². The van der Waals surface area contributed by atoms with Crippen LogP contribution in [0.15, 0.2) is 6.20 Å². The van der Waals surface area contributed by atoms with Gasteiger partial charge in [-0.25, -0.2) is 4.98 Å². The Bertz CT molecular complexity index is 268. The molecule has 0 fully saturated rings. The van der Waals surface area contributed by atoms with Crippen molar-refractivity contribution in [3.63, 3.8) is 0 Å². The first-order valence-corrected chi connectivity index (χ1v) is 6.71. The third-order valence-corrected chi connectivity index (χ3v) is 3.62. The summed E-state index contributed by atoms with van der Waals surface area (Å²) in [4.78, 5) is 5.77. The smallest absolute Gasteiger partial charge is 0.0953 e. The fourth-order valence-corrected chi connectivity index (χ4v) is 2.27. The monoisotopic (exact) mass is 226 g/mol. The summed E-state index contributed by atoms with van der Waals surface area (Å²) in [7, 11) is 0. The minimum atomic E-state index is 0.559. The summed E-state index contributed by atoms with van der Waals surface area (Å²) in [5, 5.41) is 4.71. The van der Waals surface area contributed by atoms with Crippen molar-refractivity contribution in [1.29, 1.82) is 0 Å². The van der Waals surface area contributed by atoms with Crippen molar-refractivity contribution in [3.8, 4) is 0 Å². The normalized spacial score (nSPS) is 11.2. The number of hydrogen-bond donors (Lipinski definition) is 1. The molecule has 0 aliphatic rings. The maximum Gasteiger partial charge on any atom is 0.0953 e. The van der Waals surface area contributed by atoms with E-state index in [0.717, 1.165) is 13.1 Å². The summed E-state index contributed by atoms with van der Waals surface area (Å²) in [5.74, 6) is 0.559. The molecule has 2 nitrogen and oxygen atoms in total. The second-order valence-electron chi connectivity index (χ2n) is 4.20. The Kier molecular flexibility index (Phi) is 5.88. The van der Waals surface area contributed by atoms with Crippen LogP contribution < -0.4 is 5.32 Å². The zero-order valence-electron chi connectivity index (χ0n) is 10.0. The zero-order valence-corrected chi connectivity index (χ0v) is 10.9. The van der Waals surface area contributed by atoms with E-state index < -0.39 is 0 Å². The Balaban J connectivity index is 2.20. The van der Waals surface area contributed by atoms with Gasteiger partial charge in [0, 0.05) is 23.5 Å². The third kappa shape index (κ3) is 4.76. The van der Waals surface area contributed by atoms with Crippen molar-refractivity contribution >= 4 is 11.3 Å². The first-order chi connectivity index (χ1) is 7.24. The van der Waals surface area contributed by atoms with Crippen molar-refractivity contribution < 1.29 is 0 Å². The van der Waals surface area contributed by atoms with E-state index >= 15 is 0 Å². The summed E-state index contributed by atoms with van der Waals surface area (Å²) >= 11 is 1.83. The highest BCUT2D eigenvalue weighted by Gasteiger charge is 2.04. The van der Waals surface area contributed by atoms with Gasteiger partial charge in [-0.2, -0.15) is 0 Å². The molecule has 86 valence electrons. The fraction of sp³-hybridized carbons (Fsp3) is 0.750. The molecule has 1 heterocycles. The molecule has 0 atom stereocenters. The number of nitrogens with one attached hydrogen (secondary N) is 1. The quantitative estimate of drug-likeness (QED) is 0.719. The molecule has 0 unspecified atom stereocenters. The minimum Gasteiger partial charge on any atom is -0.312 e. The first kappa shape index (κ1) is 12.7. The maximum atomic E-state index is 4.41. The average Bonchev–Trinajstić information content (AvgIpc) is 2.66. The van der Waals surface area contributed by atoms with Crippen LogP contribution in [-0.2, 0) is 6.54 Å². The molecule has 0 saturated heterocycles. The van der Waals surface area contributed by atoms with E-state index in [0.29, 0.717) is 5.92 Å². The lowest BCUT2D eigenvalue weighted by atomic mass is 10.2. The molecule has 1 N–H and O–H groups in total. The molecular weight excluding hydrogens is 204 g/mol. The first-order valence-electron chi connectivity index (χ1n) is 5.89. The number of unbranched alkanes of at least 4 members (excludes halogenated alkanes) is 2. The van der Waals surface area contributed by atoms with Gasteiger partial charge >= 0.3 is 0 Å². The van der Waals surface area contributed by atoms with Crippen LogP contribution in [0.4, 0.5) is 0 Å². The van der Waals surface area contributed by atoms with Crippen LogP contribution in [0.2, 0.25) is 0 Å². The summed E-state index contributed by atoms with van der Waals surface area (Å²) in [5.41, 5.74) is 0. The van der Waals surface area contributed by atoms with Gasteiger partial charge < -0.3 is 5.32 Å². The maximum absolute atomic E-state index is 4.41. The van der Waals surface area contributed by atoms with Crippen LogP contribution in [-0.4, -0.2) is 11.5 Å². The largest absolute Gasteiger partial charge is 0.312 e. The number of thiazole rings is 1. The van der Waals surface area contributed by atoms with Crippen molar-refractivity contribution in [2.24, 2.45) is 0 Å². The molecule has 1 aromatic heterocycles. The zero-order chi connectivity index (χ0) is 11.1. The molecule has 1 aromatic rings. The van der Waals surface area contributed by atoms with E-state index in [4.69, 9.17) is 0 Å². The lowest BCUT2D eigenvalue weighted by Crippen LogP contribution is -2.13. The summed E-state index contributed by atoms with van der Waals surface area (Å²) in [6.07, 6.45) is 5.91. The van der Waals surface area contributed by atoms with Crippen LogP contribution in [0, 0.1) is 0 Å². The topological polar surface area (TPSA) is 24.9 Å². The molecule has 1 rings (SSSR count). The predicted octanol–water partition coefficient (Wildman–Crippen LogP) is 3.55. The van der Waals surface area contributed by atoms with Gasteiger partial charge in [0.05, 0.1) is 5.01 Å². The molecule has 0 amide bonds. The van der Waals surface area contributed by atoms with Crippen molar-refractivity contribution in [1.82, 2.24) is 10.3 Å². The molecule has 0 spiro atoms. The lowest BCUT2D eigenvalue weighted by Gasteiger charge is -2.01. The van der Waals surface area contributed by atoms with E-state index in [-0.39, 0.29) is 0 Å². The van der Waals surface area contributed by atoms with E-state index in [1.807, 2.05) is 17.5 Å². The summed E-state index contributed by atoms with van der Waals surface area (Å²) in [6.45, 7) is 8.73. The van der Waals surface area contributed by atoms with Gasteiger partial charge in [-0.1, -0.05) is 33.6 Å². The van der Waals surface area contributed by atoms with Gasteiger partial charge in [0.1, 0.15) is 0 Å². The minimum absolute atomic E-state index is 0.559. The average molecular weight is 226 g/mol. The van der Waals surface area contributed by atoms with E-state index in [2.05, 4.69) is 31.1 Å². The number of nitrogens with zero attached hydrogens (tertiary/aromatic N) is 1. The summed E-state index contributed by atoms with van der Waals surface area (Å²) < 4.78 is 0. The molecule has 15 heavy (non-hydrogen) atoms. The van der Waals surface area contributed by atoms with E-state index in [1.54, 1.807) is 0 Å². The molecule has 0 aromatic carbocycles. The highest BCUT2D eigenvalue weighted by Crippen LogP contribution is 2.20. The van der Waals surface area contributed by atoms with Crippen LogP contribution in [0.1, 0.15) is 55.8 Å². The lowest BCUT2D eigenvalue weighted by molar-refractivity contribution is 0.620. The number of hydrogen-bond acceptors (Lipinski definition) is 3. The summed E-state index contributed by atoms with van der Waals surface area (Å²) in [6, 6.07) is 0. The molecule has 3 heteroatoms. The van der Waals surface area contributed by atoms with Crippen molar-refractivity contribution in [2.75, 3.05) is 6.54 Å². The highest BCUT2D eigenvalue weighted by atomic mass is 32.1. The second kappa shape index (κ2) is 6.96. The Morgan fingerprint density at radius 2 is 2.20 bits per heavy atom. The number of rotatable bonds is 7. The second-order valence-corrected chi connectivity index (χ2v) is 5.35. The van der Waals surface area contributed by atoms with Gasteiger partial charge in [-0.3, -0.25) is 0 Å². The number of aromatic nitrogens is 1. The van der Waals surface area contributed by atoms with Gasteiger partial charge in [0.2, 0.25) is 0 Å². The molecular formula is C12H22N2S. The van der Waals surface area contributed by atoms with Crippen LogP contribution in [0.25, 0.3) is 0 Å². The van der Waals surface area contributed by atoms with E-state index in [9.17, 15) is 0 Å². The molecule has 0 aliphatic carbocycles. The van der Waals surface area contributed by atoms with Gasteiger partial charge in [0.25, 0.3) is 0 Å². The highest BCUT2D eigenvalue weighted by molar-refractivity contribution is 7.11. The predicted molar refractivity (Wildman–Crippen MR) is 67.4 cm³/mol. The third-order valence-electron chi connectivity index (χ3n) is 2.32. The molecule has 0 radical (unpaired) electrons. The van der Waals surface area contributed by atoms with Crippen molar-refractivity contribution in [2.45, 2.75) is 52.5 Å².